The summed E-state index contributed by atoms with van der Waals surface area (Å²) in [5.41, 5.74) is 8.39. The predicted octanol–water partition coefficient (Wildman–Crippen LogP) is 6.90. The van der Waals surface area contributed by atoms with Gasteiger partial charge in [0.15, 0.2) is 0 Å². The summed E-state index contributed by atoms with van der Waals surface area (Å²) >= 11 is 0. The molecule has 2 N–H and O–H groups in total. The van der Waals surface area contributed by atoms with E-state index in [1.807, 2.05) is 12.3 Å². The number of fused-ring (bicyclic) bond motifs is 9. The van der Waals surface area contributed by atoms with Gasteiger partial charge in [0.25, 0.3) is 0 Å². The molecular weight excluding hydrogens is 434 g/mol. The largest absolute Gasteiger partial charge is 0.486 e. The minimum atomic E-state index is 0.346. The number of imidazole rings is 2. The van der Waals surface area contributed by atoms with Crippen LogP contribution in [0.25, 0.3) is 55.1 Å². The number of H-pyrrole nitrogens is 2. The molecule has 0 atom stereocenters. The van der Waals surface area contributed by atoms with Gasteiger partial charge in [-0.05, 0) is 41.5 Å². The molecule has 0 radical (unpaired) electrons. The number of aryl methyl sites for hydroxylation is 1. The van der Waals surface area contributed by atoms with Gasteiger partial charge in [-0.1, -0.05) is 39.0 Å². The molecule has 7 rings (SSSR count). The number of aromatic amines is 2. The molecule has 6 nitrogen and oxygen atoms in total. The first-order chi connectivity index (χ1) is 17.1. The zero-order valence-electron chi connectivity index (χ0n) is 19.9. The minimum absolute atomic E-state index is 0.346. The Hall–Kier alpha value is -4.19. The van der Waals surface area contributed by atoms with Crippen LogP contribution in [0.1, 0.15) is 44.0 Å². The van der Waals surface area contributed by atoms with E-state index in [-0.39, 0.29) is 0 Å². The topological polar surface area (TPSA) is 79.5 Å². The number of pyridine rings is 1. The van der Waals surface area contributed by atoms with Crippen LogP contribution in [-0.2, 0) is 13.0 Å². The van der Waals surface area contributed by atoms with E-state index < -0.39 is 0 Å². The Kier molecular flexibility index (Phi) is 4.27. The highest BCUT2D eigenvalue weighted by Crippen LogP contribution is 2.41. The zero-order valence-corrected chi connectivity index (χ0v) is 19.9. The van der Waals surface area contributed by atoms with Crippen molar-refractivity contribution in [3.63, 3.8) is 0 Å². The smallest absolute Gasteiger partial charge is 0.132 e. The van der Waals surface area contributed by atoms with E-state index in [0.29, 0.717) is 12.5 Å². The average Bonchev–Trinajstić information content (AvgIpc) is 3.53. The van der Waals surface area contributed by atoms with Crippen molar-refractivity contribution >= 4 is 32.7 Å². The summed E-state index contributed by atoms with van der Waals surface area (Å²) < 4.78 is 6.13. The lowest BCUT2D eigenvalue weighted by Crippen LogP contribution is -2.05. The second-order valence-corrected chi connectivity index (χ2v) is 9.52. The Morgan fingerprint density at radius 3 is 2.63 bits per heavy atom. The maximum atomic E-state index is 6.13. The van der Waals surface area contributed by atoms with E-state index in [0.717, 1.165) is 84.6 Å². The van der Waals surface area contributed by atoms with E-state index in [4.69, 9.17) is 19.7 Å². The van der Waals surface area contributed by atoms with Gasteiger partial charge < -0.3 is 14.7 Å². The van der Waals surface area contributed by atoms with E-state index in [1.54, 1.807) is 0 Å². The summed E-state index contributed by atoms with van der Waals surface area (Å²) in [4.78, 5) is 21.4. The van der Waals surface area contributed by atoms with Crippen LogP contribution in [0.15, 0.2) is 54.7 Å². The van der Waals surface area contributed by atoms with E-state index in [9.17, 15) is 0 Å². The fourth-order valence-electron chi connectivity index (χ4n) is 5.13. The lowest BCUT2D eigenvalue weighted by atomic mass is 9.96. The van der Waals surface area contributed by atoms with Gasteiger partial charge in [0.1, 0.15) is 29.7 Å². The molecule has 0 amide bonds. The molecule has 1 aliphatic heterocycles. The first-order valence-corrected chi connectivity index (χ1v) is 12.2. The lowest BCUT2D eigenvalue weighted by Gasteiger charge is -2.18. The van der Waals surface area contributed by atoms with Crippen molar-refractivity contribution in [1.82, 2.24) is 24.9 Å². The van der Waals surface area contributed by atoms with Gasteiger partial charge >= 0.3 is 0 Å². The van der Waals surface area contributed by atoms with Gasteiger partial charge in [-0.3, -0.25) is 4.98 Å². The van der Waals surface area contributed by atoms with Crippen molar-refractivity contribution in [3.05, 3.63) is 72.1 Å². The molecule has 3 aromatic heterocycles. The molecule has 3 aromatic carbocycles. The Balaban J connectivity index is 1.40. The van der Waals surface area contributed by atoms with Crippen molar-refractivity contribution in [2.24, 2.45) is 0 Å². The van der Waals surface area contributed by atoms with Crippen LogP contribution in [0.4, 0.5) is 0 Å². The number of aromatic nitrogens is 5. The highest BCUT2D eigenvalue weighted by molar-refractivity contribution is 6.22. The van der Waals surface area contributed by atoms with Crippen LogP contribution >= 0.6 is 0 Å². The monoisotopic (exact) mass is 459 g/mol. The van der Waals surface area contributed by atoms with Crippen LogP contribution in [-0.4, -0.2) is 24.9 Å². The Morgan fingerprint density at radius 2 is 1.77 bits per heavy atom. The van der Waals surface area contributed by atoms with Crippen molar-refractivity contribution in [1.29, 1.82) is 0 Å². The fourth-order valence-corrected chi connectivity index (χ4v) is 5.13. The van der Waals surface area contributed by atoms with Crippen LogP contribution in [0.3, 0.4) is 0 Å². The molecule has 0 aliphatic carbocycles. The van der Waals surface area contributed by atoms with Crippen molar-refractivity contribution in [2.75, 3.05) is 0 Å². The summed E-state index contributed by atoms with van der Waals surface area (Å²) in [7, 11) is 0. The maximum Gasteiger partial charge on any atom is 0.132 e. The third-order valence-corrected chi connectivity index (χ3v) is 6.99. The number of rotatable bonds is 3. The number of nitrogens with one attached hydrogen (secondary N) is 2. The molecule has 0 unspecified atom stereocenters. The van der Waals surface area contributed by atoms with Gasteiger partial charge in [0.05, 0.1) is 22.2 Å². The first-order valence-electron chi connectivity index (χ1n) is 12.2. The van der Waals surface area contributed by atoms with Gasteiger partial charge in [0.2, 0.25) is 0 Å². The summed E-state index contributed by atoms with van der Waals surface area (Å²) in [5, 5.41) is 3.33. The molecule has 6 aromatic rings. The molecule has 0 spiro atoms. The zero-order chi connectivity index (χ0) is 23.7. The normalized spacial score (nSPS) is 12.9. The molecule has 1 aliphatic rings. The number of hydrogen-bond acceptors (Lipinski definition) is 4. The Morgan fingerprint density at radius 1 is 0.914 bits per heavy atom. The van der Waals surface area contributed by atoms with Gasteiger partial charge in [-0.25, -0.2) is 9.97 Å². The van der Waals surface area contributed by atoms with Gasteiger partial charge in [-0.2, -0.15) is 0 Å². The lowest BCUT2D eigenvalue weighted by molar-refractivity contribution is 0.298. The molecule has 0 fully saturated rings. The van der Waals surface area contributed by atoms with Crippen LogP contribution in [0, 0.1) is 0 Å². The van der Waals surface area contributed by atoms with Gasteiger partial charge in [0, 0.05) is 40.3 Å². The number of nitrogens with zero attached hydrogens (tertiary/aromatic N) is 3. The van der Waals surface area contributed by atoms with Crippen molar-refractivity contribution in [3.8, 4) is 28.1 Å². The third-order valence-electron chi connectivity index (χ3n) is 6.99. The number of hydrogen-bond donors (Lipinski definition) is 2. The number of benzene rings is 3. The Bertz CT molecular complexity index is 1780. The third kappa shape index (κ3) is 2.99. The van der Waals surface area contributed by atoms with Crippen LogP contribution < -0.4 is 4.74 Å². The molecular formula is C29H25N5O. The molecule has 0 bridgehead atoms. The SMILES string of the molecule is CCc1nc2c3cccnc3c3cc(-c4ccc5c(c4)OCc4nc(C(C)C)[nH]c4-5)ccc3c2[nH]1. The van der Waals surface area contributed by atoms with E-state index in [1.165, 1.54) is 0 Å². The first kappa shape index (κ1) is 20.2. The fraction of sp³-hybridized carbons (Fsp3) is 0.207. The average molecular weight is 460 g/mol. The molecule has 172 valence electrons. The second-order valence-electron chi connectivity index (χ2n) is 9.52. The highest BCUT2D eigenvalue weighted by atomic mass is 16.5. The van der Waals surface area contributed by atoms with Gasteiger partial charge in [-0.15, -0.1) is 0 Å². The maximum absolute atomic E-state index is 6.13. The van der Waals surface area contributed by atoms with E-state index >= 15 is 0 Å². The van der Waals surface area contributed by atoms with Crippen LogP contribution in [0.5, 0.6) is 5.75 Å². The molecule has 0 saturated heterocycles. The number of ether oxygens (including phenoxy) is 1. The van der Waals surface area contributed by atoms with Crippen molar-refractivity contribution < 1.29 is 4.74 Å². The molecule has 0 saturated carbocycles. The van der Waals surface area contributed by atoms with Crippen LogP contribution in [0.2, 0.25) is 0 Å². The Labute approximate surface area is 202 Å². The standard InChI is InChI=1S/C29H25N5O/c1-4-24-32-27-18-9-7-16(12-21(18)25-20(28(27)33-24)6-5-11-30-25)17-8-10-19-23(13-17)35-14-22-26(19)34-29(31-22)15(2)3/h5-13,15H,4,14H2,1-3H3,(H,31,34)(H,32,33). The summed E-state index contributed by atoms with van der Waals surface area (Å²) in [5.74, 6) is 3.22. The minimum Gasteiger partial charge on any atom is -0.486 e. The quantitative estimate of drug-likeness (QED) is 0.282. The molecule has 4 heterocycles. The molecule has 6 heteroatoms. The highest BCUT2D eigenvalue weighted by Gasteiger charge is 2.23. The van der Waals surface area contributed by atoms with E-state index in [2.05, 4.69) is 73.2 Å². The summed E-state index contributed by atoms with van der Waals surface area (Å²) in [6, 6.07) is 17.1. The predicted molar refractivity (Wildman–Crippen MR) is 140 cm³/mol. The summed E-state index contributed by atoms with van der Waals surface area (Å²) in [6.45, 7) is 6.90. The summed E-state index contributed by atoms with van der Waals surface area (Å²) in [6.07, 6.45) is 2.72. The second kappa shape index (κ2) is 7.40. The van der Waals surface area contributed by atoms with Crippen molar-refractivity contribution in [2.45, 2.75) is 39.7 Å². The molecule has 35 heavy (non-hydrogen) atoms.